The number of hydrogen-bond donors (Lipinski definition) is 1. The lowest BCUT2D eigenvalue weighted by atomic mass is 9.94. The molecule has 0 saturated carbocycles. The highest BCUT2D eigenvalue weighted by Crippen LogP contribution is 2.41. The summed E-state index contributed by atoms with van der Waals surface area (Å²) in [6, 6.07) is 12.1. The maximum absolute atomic E-state index is 13.2. The molecule has 2 unspecified atom stereocenters. The van der Waals surface area contributed by atoms with E-state index >= 15 is 0 Å². The van der Waals surface area contributed by atoms with Crippen LogP contribution in [0.15, 0.2) is 48.0 Å². The Morgan fingerprint density at radius 2 is 1.91 bits per heavy atom. The number of ether oxygens (including phenoxy) is 2. The molecule has 0 spiro atoms. The van der Waals surface area contributed by atoms with E-state index < -0.39 is 17.7 Å². The van der Waals surface area contributed by atoms with Gasteiger partial charge >= 0.3 is 0 Å². The van der Waals surface area contributed by atoms with E-state index in [-0.39, 0.29) is 17.4 Å². The minimum Gasteiger partial charge on any atom is -0.507 e. The van der Waals surface area contributed by atoms with Gasteiger partial charge in [-0.05, 0) is 82.4 Å². The molecular weight excluding hydrogens is 432 g/mol. The minimum absolute atomic E-state index is 0.0681. The molecule has 2 aromatic carbocycles. The second-order valence-electron chi connectivity index (χ2n) is 9.11. The highest BCUT2D eigenvalue weighted by atomic mass is 16.5. The molecule has 0 aromatic heterocycles. The third-order valence-electron chi connectivity index (χ3n) is 6.22. The molecule has 1 N–H and O–H groups in total. The van der Waals surface area contributed by atoms with Crippen LogP contribution in [0.5, 0.6) is 11.5 Å². The SMILES string of the molecule is CCOc1ccc(C2/C(=C(\O)c3ccc4c(c3)CC(C)O4)C(=O)C(=O)N2CCCN(C)C)cc1. The second kappa shape index (κ2) is 9.89. The lowest BCUT2D eigenvalue weighted by Crippen LogP contribution is -2.32. The van der Waals surface area contributed by atoms with Gasteiger partial charge in [0.1, 0.15) is 23.4 Å². The van der Waals surface area contributed by atoms with E-state index in [1.807, 2.05) is 69.2 Å². The van der Waals surface area contributed by atoms with Gasteiger partial charge in [-0.2, -0.15) is 0 Å². The van der Waals surface area contributed by atoms with Crippen LogP contribution < -0.4 is 9.47 Å². The number of ketones is 1. The van der Waals surface area contributed by atoms with Crippen LogP contribution >= 0.6 is 0 Å². The Morgan fingerprint density at radius 3 is 2.59 bits per heavy atom. The van der Waals surface area contributed by atoms with Crippen LogP contribution in [0.25, 0.3) is 5.76 Å². The third kappa shape index (κ3) is 4.66. The molecule has 2 aromatic rings. The van der Waals surface area contributed by atoms with Gasteiger partial charge in [-0.15, -0.1) is 0 Å². The first kappa shape index (κ1) is 23.8. The number of Topliss-reactive ketones (excluding diaryl/α,β-unsaturated/α-hetero) is 1. The summed E-state index contributed by atoms with van der Waals surface area (Å²) in [5.41, 5.74) is 2.37. The molecule has 2 aliphatic heterocycles. The molecule has 0 aliphatic carbocycles. The van der Waals surface area contributed by atoms with Gasteiger partial charge in [-0.25, -0.2) is 0 Å². The van der Waals surface area contributed by atoms with E-state index in [0.717, 1.165) is 29.8 Å². The molecule has 4 rings (SSSR count). The molecule has 34 heavy (non-hydrogen) atoms. The number of carbonyl (C=O) groups excluding carboxylic acids is 2. The maximum Gasteiger partial charge on any atom is 0.295 e. The summed E-state index contributed by atoms with van der Waals surface area (Å²) in [7, 11) is 3.94. The number of amides is 1. The summed E-state index contributed by atoms with van der Waals surface area (Å²) in [4.78, 5) is 29.9. The highest BCUT2D eigenvalue weighted by Gasteiger charge is 2.45. The fourth-order valence-electron chi connectivity index (χ4n) is 4.65. The molecule has 2 heterocycles. The molecule has 1 amide bonds. The minimum atomic E-state index is -0.665. The van der Waals surface area contributed by atoms with E-state index in [2.05, 4.69) is 0 Å². The van der Waals surface area contributed by atoms with Gasteiger partial charge in [-0.3, -0.25) is 9.59 Å². The predicted molar refractivity (Wildman–Crippen MR) is 130 cm³/mol. The average Bonchev–Trinajstić information content (AvgIpc) is 3.30. The van der Waals surface area contributed by atoms with Crippen molar-refractivity contribution in [1.29, 1.82) is 0 Å². The van der Waals surface area contributed by atoms with E-state index in [9.17, 15) is 14.7 Å². The van der Waals surface area contributed by atoms with Crippen LogP contribution in [-0.4, -0.2) is 66.5 Å². The maximum atomic E-state index is 13.2. The van der Waals surface area contributed by atoms with Crippen molar-refractivity contribution in [2.24, 2.45) is 0 Å². The van der Waals surface area contributed by atoms with Crippen molar-refractivity contribution in [3.05, 3.63) is 64.7 Å². The molecule has 1 fully saturated rings. The molecule has 0 bridgehead atoms. The highest BCUT2D eigenvalue weighted by molar-refractivity contribution is 6.46. The summed E-state index contributed by atoms with van der Waals surface area (Å²) in [5.74, 6) is 0.0955. The number of carbonyl (C=O) groups is 2. The number of fused-ring (bicyclic) bond motifs is 1. The average molecular weight is 465 g/mol. The van der Waals surface area contributed by atoms with E-state index in [4.69, 9.17) is 9.47 Å². The normalized spacial score (nSPS) is 21.1. The molecule has 180 valence electrons. The van der Waals surface area contributed by atoms with Crippen molar-refractivity contribution >= 4 is 17.4 Å². The number of aliphatic hydroxyl groups is 1. The summed E-state index contributed by atoms with van der Waals surface area (Å²) in [6.07, 6.45) is 1.51. The quantitative estimate of drug-likeness (QED) is 0.364. The summed E-state index contributed by atoms with van der Waals surface area (Å²) in [6.45, 7) is 5.64. The Balaban J connectivity index is 1.76. The molecule has 0 radical (unpaired) electrons. The van der Waals surface area contributed by atoms with Crippen LogP contribution in [0.2, 0.25) is 0 Å². The van der Waals surface area contributed by atoms with Crippen LogP contribution in [0.1, 0.15) is 43.0 Å². The molecule has 7 nitrogen and oxygen atoms in total. The molecule has 1 saturated heterocycles. The zero-order chi connectivity index (χ0) is 24.4. The first-order valence-corrected chi connectivity index (χ1v) is 11.8. The van der Waals surface area contributed by atoms with Crippen LogP contribution in [0.4, 0.5) is 0 Å². The van der Waals surface area contributed by atoms with Crippen LogP contribution in [0.3, 0.4) is 0 Å². The smallest absolute Gasteiger partial charge is 0.295 e. The zero-order valence-corrected chi connectivity index (χ0v) is 20.2. The summed E-state index contributed by atoms with van der Waals surface area (Å²) >= 11 is 0. The van der Waals surface area contributed by atoms with Crippen molar-refractivity contribution < 1.29 is 24.2 Å². The fraction of sp³-hybridized carbons (Fsp3) is 0.407. The third-order valence-corrected chi connectivity index (χ3v) is 6.22. The second-order valence-corrected chi connectivity index (χ2v) is 9.11. The first-order chi connectivity index (χ1) is 16.3. The Kier molecular flexibility index (Phi) is 6.93. The van der Waals surface area contributed by atoms with Crippen molar-refractivity contribution in [3.63, 3.8) is 0 Å². The Bertz CT molecular complexity index is 1110. The Morgan fingerprint density at radius 1 is 1.18 bits per heavy atom. The number of aliphatic hydroxyl groups excluding tert-OH is 1. The standard InChI is InChI=1S/C27H32N2O5/c1-5-33-21-10-7-18(8-11-21)24-23(26(31)27(32)29(24)14-6-13-28(3)4)25(30)19-9-12-22-20(16-19)15-17(2)34-22/h7-12,16-17,24,30H,5-6,13-15H2,1-4H3/b25-23+. The number of likely N-dealkylation sites (tertiary alicyclic amines) is 1. The monoisotopic (exact) mass is 464 g/mol. The van der Waals surface area contributed by atoms with Crippen molar-refractivity contribution in [1.82, 2.24) is 9.80 Å². The topological polar surface area (TPSA) is 79.3 Å². The van der Waals surface area contributed by atoms with Gasteiger partial charge in [-0.1, -0.05) is 12.1 Å². The molecular formula is C27H32N2O5. The Hall–Kier alpha value is -3.32. The van der Waals surface area contributed by atoms with Gasteiger partial charge in [0.2, 0.25) is 0 Å². The summed E-state index contributed by atoms with van der Waals surface area (Å²) in [5, 5.41) is 11.3. The number of benzene rings is 2. The lowest BCUT2D eigenvalue weighted by Gasteiger charge is -2.26. The summed E-state index contributed by atoms with van der Waals surface area (Å²) < 4.78 is 11.3. The van der Waals surface area contributed by atoms with Gasteiger partial charge in [0.05, 0.1) is 18.2 Å². The number of nitrogens with zero attached hydrogens (tertiary/aromatic N) is 2. The van der Waals surface area contributed by atoms with Crippen LogP contribution in [0, 0.1) is 0 Å². The zero-order valence-electron chi connectivity index (χ0n) is 20.2. The van der Waals surface area contributed by atoms with E-state index in [1.165, 1.54) is 0 Å². The largest absolute Gasteiger partial charge is 0.507 e. The first-order valence-electron chi connectivity index (χ1n) is 11.8. The molecule has 7 heteroatoms. The Labute approximate surface area is 200 Å². The van der Waals surface area contributed by atoms with Gasteiger partial charge in [0, 0.05) is 18.5 Å². The molecule has 2 atom stereocenters. The van der Waals surface area contributed by atoms with Gasteiger partial charge in [0.25, 0.3) is 11.7 Å². The predicted octanol–water partition coefficient (Wildman–Crippen LogP) is 3.78. The molecule has 2 aliphatic rings. The van der Waals surface area contributed by atoms with Crippen molar-refractivity contribution in [2.45, 2.75) is 38.8 Å². The number of hydrogen-bond acceptors (Lipinski definition) is 6. The number of rotatable bonds is 8. The van der Waals surface area contributed by atoms with E-state index in [1.54, 1.807) is 11.0 Å². The van der Waals surface area contributed by atoms with Crippen LogP contribution in [-0.2, 0) is 16.0 Å². The van der Waals surface area contributed by atoms with Crippen molar-refractivity contribution in [3.8, 4) is 11.5 Å². The fourth-order valence-corrected chi connectivity index (χ4v) is 4.65. The van der Waals surface area contributed by atoms with Gasteiger partial charge < -0.3 is 24.4 Å². The van der Waals surface area contributed by atoms with E-state index in [0.29, 0.717) is 30.9 Å². The lowest BCUT2D eigenvalue weighted by molar-refractivity contribution is -0.139. The van der Waals surface area contributed by atoms with Gasteiger partial charge in [0.15, 0.2) is 0 Å². The van der Waals surface area contributed by atoms with Crippen molar-refractivity contribution in [2.75, 3.05) is 33.8 Å².